The van der Waals surface area contributed by atoms with E-state index in [9.17, 15) is 18.0 Å². The van der Waals surface area contributed by atoms with E-state index in [0.717, 1.165) is 6.07 Å². The van der Waals surface area contributed by atoms with Gasteiger partial charge in [-0.05, 0) is 18.2 Å². The summed E-state index contributed by atoms with van der Waals surface area (Å²) in [6.07, 6.45) is 0. The van der Waals surface area contributed by atoms with Gasteiger partial charge in [0.2, 0.25) is 5.91 Å². The van der Waals surface area contributed by atoms with Gasteiger partial charge in [-0.1, -0.05) is 19.9 Å². The van der Waals surface area contributed by atoms with E-state index >= 15 is 0 Å². The smallest absolute Gasteiger partial charge is 0.335 e. The monoisotopic (exact) mass is 271 g/mol. The van der Waals surface area contributed by atoms with Crippen molar-refractivity contribution in [3.63, 3.8) is 0 Å². The Bertz CT molecular complexity index is 577. The second-order valence-corrected chi connectivity index (χ2v) is 5.64. The van der Waals surface area contributed by atoms with Crippen molar-refractivity contribution < 1.29 is 23.1 Å². The predicted octanol–water partition coefficient (Wildman–Crippen LogP) is 0.846. The van der Waals surface area contributed by atoms with Crippen molar-refractivity contribution in [3.05, 3.63) is 29.8 Å². The van der Waals surface area contributed by atoms with E-state index in [-0.39, 0.29) is 10.5 Å². The van der Waals surface area contributed by atoms with Crippen molar-refractivity contribution in [2.24, 2.45) is 5.92 Å². The zero-order valence-corrected chi connectivity index (χ0v) is 10.7. The number of aromatic carboxylic acids is 1. The van der Waals surface area contributed by atoms with E-state index in [0.29, 0.717) is 0 Å². The van der Waals surface area contributed by atoms with Gasteiger partial charge in [0.05, 0.1) is 10.5 Å². The molecule has 6 nitrogen and oxygen atoms in total. The normalized spacial score (nSPS) is 11.3. The van der Waals surface area contributed by atoms with Crippen LogP contribution in [0.25, 0.3) is 0 Å². The average molecular weight is 271 g/mol. The Balaban J connectivity index is 3.09. The number of nitrogens with one attached hydrogen (secondary N) is 1. The molecule has 0 saturated heterocycles. The van der Waals surface area contributed by atoms with E-state index < -0.39 is 27.8 Å². The van der Waals surface area contributed by atoms with Crippen molar-refractivity contribution >= 4 is 21.9 Å². The number of carbonyl (C=O) groups excluding carboxylic acids is 1. The van der Waals surface area contributed by atoms with Gasteiger partial charge in [-0.2, -0.15) is 0 Å². The van der Waals surface area contributed by atoms with Crippen LogP contribution in [0.15, 0.2) is 29.2 Å². The fraction of sp³-hybridized carbons (Fsp3) is 0.273. The Morgan fingerprint density at radius 1 is 1.28 bits per heavy atom. The third-order valence-corrected chi connectivity index (χ3v) is 3.50. The van der Waals surface area contributed by atoms with Gasteiger partial charge in [-0.15, -0.1) is 0 Å². The van der Waals surface area contributed by atoms with E-state index in [1.165, 1.54) is 18.2 Å². The molecule has 7 heteroatoms. The minimum absolute atomic E-state index is 0.158. The van der Waals surface area contributed by atoms with E-state index in [1.54, 1.807) is 13.8 Å². The average Bonchev–Trinajstić information content (AvgIpc) is 2.28. The fourth-order valence-electron chi connectivity index (χ4n) is 1.11. The summed E-state index contributed by atoms with van der Waals surface area (Å²) < 4.78 is 25.5. The Hall–Kier alpha value is -1.89. The van der Waals surface area contributed by atoms with Crippen LogP contribution in [0, 0.1) is 5.92 Å². The standard InChI is InChI=1S/C11H13NO5S/c1-7(2)10(13)12-18(16,17)9-5-3-4-8(6-9)11(14)15/h3-7H,1-2H3,(H,12,13)(H,14,15). The van der Waals surface area contributed by atoms with Crippen LogP contribution in [0.3, 0.4) is 0 Å². The lowest BCUT2D eigenvalue weighted by Gasteiger charge is -2.09. The molecule has 0 aliphatic rings. The summed E-state index contributed by atoms with van der Waals surface area (Å²) in [7, 11) is -4.02. The fourth-order valence-corrected chi connectivity index (χ4v) is 2.26. The maximum Gasteiger partial charge on any atom is 0.335 e. The zero-order chi connectivity index (χ0) is 13.9. The first-order valence-electron chi connectivity index (χ1n) is 5.14. The molecule has 0 spiro atoms. The Morgan fingerprint density at radius 3 is 2.39 bits per heavy atom. The zero-order valence-electron chi connectivity index (χ0n) is 9.88. The maximum atomic E-state index is 11.8. The summed E-state index contributed by atoms with van der Waals surface area (Å²) >= 11 is 0. The van der Waals surface area contributed by atoms with Crippen LogP contribution in [0.1, 0.15) is 24.2 Å². The molecule has 2 N–H and O–H groups in total. The van der Waals surface area contributed by atoms with Crippen LogP contribution >= 0.6 is 0 Å². The second-order valence-electron chi connectivity index (χ2n) is 3.96. The number of hydrogen-bond acceptors (Lipinski definition) is 4. The highest BCUT2D eigenvalue weighted by atomic mass is 32.2. The Morgan fingerprint density at radius 2 is 1.89 bits per heavy atom. The molecule has 0 unspecified atom stereocenters. The van der Waals surface area contributed by atoms with Crippen molar-refractivity contribution in [1.82, 2.24) is 4.72 Å². The van der Waals surface area contributed by atoms with Gasteiger partial charge in [0, 0.05) is 5.92 Å². The second kappa shape index (κ2) is 5.18. The van der Waals surface area contributed by atoms with Crippen molar-refractivity contribution in [2.75, 3.05) is 0 Å². The molecule has 0 atom stereocenters. The summed E-state index contributed by atoms with van der Waals surface area (Å²) in [5.41, 5.74) is -0.158. The molecule has 98 valence electrons. The predicted molar refractivity (Wildman–Crippen MR) is 63.6 cm³/mol. The van der Waals surface area contributed by atoms with Gasteiger partial charge in [-0.3, -0.25) is 4.79 Å². The molecule has 0 radical (unpaired) electrons. The lowest BCUT2D eigenvalue weighted by atomic mass is 10.2. The molecule has 0 aliphatic heterocycles. The molecule has 1 amide bonds. The summed E-state index contributed by atoms with van der Waals surface area (Å²) in [5, 5.41) is 8.76. The number of rotatable bonds is 4. The molecule has 0 aliphatic carbocycles. The molecule has 1 rings (SSSR count). The first kappa shape index (κ1) is 14.2. The number of carboxylic acids is 1. The molecule has 0 heterocycles. The molecular formula is C11H13NO5S. The van der Waals surface area contributed by atoms with Crippen LogP contribution < -0.4 is 4.72 Å². The third-order valence-electron chi connectivity index (χ3n) is 2.15. The minimum Gasteiger partial charge on any atom is -0.478 e. The molecule has 18 heavy (non-hydrogen) atoms. The van der Waals surface area contributed by atoms with Crippen LogP contribution in [0.2, 0.25) is 0 Å². The van der Waals surface area contributed by atoms with Gasteiger partial charge < -0.3 is 5.11 Å². The minimum atomic E-state index is -4.02. The Kier molecular flexibility index (Phi) is 4.07. The highest BCUT2D eigenvalue weighted by Crippen LogP contribution is 2.12. The van der Waals surface area contributed by atoms with Gasteiger partial charge in [0.15, 0.2) is 0 Å². The Labute approximate surface area is 105 Å². The van der Waals surface area contributed by atoms with Crippen LogP contribution in [0.5, 0.6) is 0 Å². The highest BCUT2D eigenvalue weighted by molar-refractivity contribution is 7.90. The molecular weight excluding hydrogens is 258 g/mol. The summed E-state index contributed by atoms with van der Waals surface area (Å²) in [5.74, 6) is -2.36. The van der Waals surface area contributed by atoms with Crippen LogP contribution in [0.4, 0.5) is 0 Å². The number of sulfonamides is 1. The van der Waals surface area contributed by atoms with E-state index in [2.05, 4.69) is 0 Å². The quantitative estimate of drug-likeness (QED) is 0.845. The van der Waals surface area contributed by atoms with Crippen molar-refractivity contribution in [2.45, 2.75) is 18.7 Å². The third kappa shape index (κ3) is 3.30. The highest BCUT2D eigenvalue weighted by Gasteiger charge is 2.20. The number of amides is 1. The van der Waals surface area contributed by atoms with Crippen LogP contribution in [-0.2, 0) is 14.8 Å². The number of benzene rings is 1. The maximum absolute atomic E-state index is 11.8. The summed E-state index contributed by atoms with van der Waals surface area (Å²) in [4.78, 5) is 21.8. The topological polar surface area (TPSA) is 101 Å². The molecule has 0 fully saturated rings. The first-order chi connectivity index (χ1) is 8.24. The number of carbonyl (C=O) groups is 2. The van der Waals surface area contributed by atoms with Crippen molar-refractivity contribution in [3.8, 4) is 0 Å². The summed E-state index contributed by atoms with van der Waals surface area (Å²) in [6.45, 7) is 3.11. The lowest BCUT2D eigenvalue weighted by Crippen LogP contribution is -2.33. The van der Waals surface area contributed by atoms with Gasteiger partial charge in [0.25, 0.3) is 10.0 Å². The van der Waals surface area contributed by atoms with Crippen molar-refractivity contribution in [1.29, 1.82) is 0 Å². The number of hydrogen-bond donors (Lipinski definition) is 2. The molecule has 1 aromatic carbocycles. The van der Waals surface area contributed by atoms with Crippen LogP contribution in [-0.4, -0.2) is 25.4 Å². The SMILES string of the molecule is CC(C)C(=O)NS(=O)(=O)c1cccc(C(=O)O)c1. The van der Waals surface area contributed by atoms with Gasteiger partial charge in [0.1, 0.15) is 0 Å². The number of carboxylic acid groups (broad SMARTS) is 1. The van der Waals surface area contributed by atoms with Gasteiger partial charge >= 0.3 is 5.97 Å². The largest absolute Gasteiger partial charge is 0.478 e. The van der Waals surface area contributed by atoms with E-state index in [4.69, 9.17) is 5.11 Å². The molecule has 1 aromatic rings. The molecule has 0 aromatic heterocycles. The summed E-state index contributed by atoms with van der Waals surface area (Å²) in [6, 6.07) is 4.80. The van der Waals surface area contributed by atoms with Gasteiger partial charge in [-0.25, -0.2) is 17.9 Å². The molecule has 0 bridgehead atoms. The van der Waals surface area contributed by atoms with E-state index in [1.807, 2.05) is 4.72 Å². The molecule has 0 saturated carbocycles. The first-order valence-corrected chi connectivity index (χ1v) is 6.62. The lowest BCUT2D eigenvalue weighted by molar-refractivity contribution is -0.122.